The number of unbranched alkanes of at least 4 members (excludes halogenated alkanes) is 1. The van der Waals surface area contributed by atoms with Crippen LogP contribution < -0.4 is 15.5 Å². The van der Waals surface area contributed by atoms with Gasteiger partial charge >= 0.3 is 6.03 Å². The second-order valence-electron chi connectivity index (χ2n) is 13.9. The first-order chi connectivity index (χ1) is 24.3. The molecule has 3 aromatic rings. The standard InChI is InChI=1S/C38H51N3O9S/c1-5-7-18-38(6-2)23-51(47,48)30-17-16-27(41(3)4)20-28(30)31(35(38)45)25-14-11-15-26(19-25)39-37(46)40-36-33(44)34(32(43)29(21-42)50-36)49-22-24-12-9-8-10-13-24/h8-17,19-20,29,31-36,42-45H,5-7,18,21-23H2,1-4H3,(H2,39,40,46)/t29-,31-,32-,33-,34+,35-,36-,38-/m1/s1. The Morgan fingerprint density at radius 3 is 2.41 bits per heavy atom. The van der Waals surface area contributed by atoms with Gasteiger partial charge in [-0.05, 0) is 59.9 Å². The second-order valence-corrected chi connectivity index (χ2v) is 15.8. The lowest BCUT2D eigenvalue weighted by molar-refractivity contribution is -0.247. The molecule has 0 bridgehead atoms. The molecule has 51 heavy (non-hydrogen) atoms. The molecule has 0 spiro atoms. The highest BCUT2D eigenvalue weighted by molar-refractivity contribution is 7.91. The minimum absolute atomic E-state index is 0.0781. The summed E-state index contributed by atoms with van der Waals surface area (Å²) in [7, 11) is -0.0363. The maximum Gasteiger partial charge on any atom is 0.321 e. The Balaban J connectivity index is 1.42. The van der Waals surface area contributed by atoms with Crippen molar-refractivity contribution in [3.63, 3.8) is 0 Å². The van der Waals surface area contributed by atoms with Crippen molar-refractivity contribution in [3.05, 3.63) is 89.5 Å². The molecule has 278 valence electrons. The first-order valence-electron chi connectivity index (χ1n) is 17.5. The lowest BCUT2D eigenvalue weighted by atomic mass is 9.69. The molecule has 6 N–H and O–H groups in total. The highest BCUT2D eigenvalue weighted by atomic mass is 32.2. The number of rotatable bonds is 12. The smallest absolute Gasteiger partial charge is 0.321 e. The van der Waals surface area contributed by atoms with Crippen LogP contribution in [0.3, 0.4) is 0 Å². The maximum atomic E-state index is 14.0. The first-order valence-corrected chi connectivity index (χ1v) is 19.2. The lowest BCUT2D eigenvalue weighted by Gasteiger charge is -2.42. The quantitative estimate of drug-likeness (QED) is 0.161. The van der Waals surface area contributed by atoms with E-state index in [1.54, 1.807) is 30.3 Å². The molecule has 0 aromatic heterocycles. The highest BCUT2D eigenvalue weighted by Crippen LogP contribution is 2.49. The van der Waals surface area contributed by atoms with Gasteiger partial charge in [0.2, 0.25) is 0 Å². The fourth-order valence-corrected chi connectivity index (χ4v) is 9.53. The molecule has 2 aliphatic heterocycles. The van der Waals surface area contributed by atoms with Crippen LogP contribution in [0.15, 0.2) is 77.7 Å². The van der Waals surface area contributed by atoms with E-state index < -0.39 is 70.6 Å². The zero-order valence-electron chi connectivity index (χ0n) is 29.6. The van der Waals surface area contributed by atoms with Crippen molar-refractivity contribution in [2.75, 3.05) is 36.7 Å². The number of nitrogens with one attached hydrogen (secondary N) is 2. The molecule has 2 aliphatic rings. The van der Waals surface area contributed by atoms with Gasteiger partial charge in [0.15, 0.2) is 16.1 Å². The first kappa shape index (κ1) is 38.7. The van der Waals surface area contributed by atoms with E-state index >= 15 is 0 Å². The Bertz CT molecular complexity index is 1740. The highest BCUT2D eigenvalue weighted by Gasteiger charge is 2.49. The van der Waals surface area contributed by atoms with E-state index in [2.05, 4.69) is 10.6 Å². The molecule has 2 heterocycles. The van der Waals surface area contributed by atoms with Crippen LogP contribution in [-0.4, -0.2) is 98.1 Å². The molecular formula is C38H51N3O9S. The normalized spacial score (nSPS) is 28.7. The number of amides is 2. The van der Waals surface area contributed by atoms with Crippen molar-refractivity contribution >= 4 is 27.2 Å². The molecule has 12 nitrogen and oxygen atoms in total. The van der Waals surface area contributed by atoms with Crippen LogP contribution in [-0.2, 0) is 25.9 Å². The Kier molecular flexibility index (Phi) is 12.4. The van der Waals surface area contributed by atoms with Gasteiger partial charge in [-0.1, -0.05) is 69.2 Å². The summed E-state index contributed by atoms with van der Waals surface area (Å²) in [5.74, 6) is -0.900. The number of benzene rings is 3. The Morgan fingerprint density at radius 1 is 1.00 bits per heavy atom. The summed E-state index contributed by atoms with van der Waals surface area (Å²) in [5.41, 5.74) is 2.16. The number of ether oxygens (including phenoxy) is 2. The number of carbonyl (C=O) groups excluding carboxylic acids is 1. The van der Waals surface area contributed by atoms with E-state index in [1.807, 2.05) is 75.3 Å². The molecule has 8 atom stereocenters. The SMILES string of the molecule is CCCC[C@]1(CC)CS(=O)(=O)c2ccc(N(C)C)cc2[C@@H](c2cccc(NC(=O)N[C@@H]3O[C@H](CO)[C@@H](O)[C@H](OCc4ccccc4)[C@H]3O)c2)[C@H]1O. The summed E-state index contributed by atoms with van der Waals surface area (Å²) in [6.45, 7) is 3.47. The van der Waals surface area contributed by atoms with Gasteiger partial charge in [0, 0.05) is 36.8 Å². The van der Waals surface area contributed by atoms with Gasteiger partial charge in [-0.15, -0.1) is 0 Å². The summed E-state index contributed by atoms with van der Waals surface area (Å²) in [5, 5.41) is 49.4. The van der Waals surface area contributed by atoms with Crippen LogP contribution in [0.4, 0.5) is 16.2 Å². The third kappa shape index (κ3) is 8.41. The number of aliphatic hydroxyl groups is 4. The fourth-order valence-electron chi connectivity index (χ4n) is 7.28. The summed E-state index contributed by atoms with van der Waals surface area (Å²) in [6, 6.07) is 20.6. The number of nitrogens with zero attached hydrogens (tertiary/aromatic N) is 1. The van der Waals surface area contributed by atoms with Crippen molar-refractivity contribution < 1.29 is 43.1 Å². The number of hydrogen-bond donors (Lipinski definition) is 6. The second kappa shape index (κ2) is 16.4. The van der Waals surface area contributed by atoms with Crippen molar-refractivity contribution in [3.8, 4) is 0 Å². The Morgan fingerprint density at radius 2 is 1.75 bits per heavy atom. The zero-order valence-corrected chi connectivity index (χ0v) is 30.4. The molecule has 1 fully saturated rings. The summed E-state index contributed by atoms with van der Waals surface area (Å²) < 4.78 is 39.5. The number of fused-ring (bicyclic) bond motifs is 1. The average Bonchev–Trinajstić information content (AvgIpc) is 3.18. The minimum Gasteiger partial charge on any atom is -0.394 e. The molecule has 0 saturated carbocycles. The molecule has 1 saturated heterocycles. The number of carbonyl (C=O) groups is 1. The van der Waals surface area contributed by atoms with Crippen LogP contribution in [0.2, 0.25) is 0 Å². The largest absolute Gasteiger partial charge is 0.394 e. The number of urea groups is 1. The van der Waals surface area contributed by atoms with Crippen molar-refractivity contribution in [2.45, 2.75) is 93.7 Å². The van der Waals surface area contributed by atoms with Crippen LogP contribution in [0.1, 0.15) is 62.1 Å². The third-order valence-electron chi connectivity index (χ3n) is 10.3. The van der Waals surface area contributed by atoms with E-state index in [4.69, 9.17) is 9.47 Å². The van der Waals surface area contributed by atoms with Crippen molar-refractivity contribution in [1.82, 2.24) is 5.32 Å². The Hall–Kier alpha value is -3.56. The van der Waals surface area contributed by atoms with E-state index in [-0.39, 0.29) is 17.3 Å². The van der Waals surface area contributed by atoms with Gasteiger partial charge in [-0.25, -0.2) is 13.2 Å². The van der Waals surface area contributed by atoms with Crippen molar-refractivity contribution in [1.29, 1.82) is 0 Å². The van der Waals surface area contributed by atoms with E-state index in [0.717, 1.165) is 24.1 Å². The number of anilines is 2. The van der Waals surface area contributed by atoms with Gasteiger partial charge < -0.3 is 45.4 Å². The van der Waals surface area contributed by atoms with E-state index in [0.29, 0.717) is 29.7 Å². The predicted octanol–water partition coefficient (Wildman–Crippen LogP) is 3.77. The number of aliphatic hydroxyl groups excluding tert-OH is 4. The van der Waals surface area contributed by atoms with Crippen LogP contribution in [0.5, 0.6) is 0 Å². The van der Waals surface area contributed by atoms with Gasteiger partial charge in [0.05, 0.1) is 30.0 Å². The fraction of sp³-hybridized carbons (Fsp3) is 0.500. The summed E-state index contributed by atoms with van der Waals surface area (Å²) in [6.07, 6.45) is -4.90. The van der Waals surface area contributed by atoms with Gasteiger partial charge in [0.1, 0.15) is 24.4 Å². The zero-order chi connectivity index (χ0) is 36.9. The van der Waals surface area contributed by atoms with E-state index in [1.165, 1.54) is 0 Å². The molecule has 0 radical (unpaired) electrons. The van der Waals surface area contributed by atoms with Gasteiger partial charge in [0.25, 0.3) is 0 Å². The van der Waals surface area contributed by atoms with Crippen LogP contribution >= 0.6 is 0 Å². The molecule has 13 heteroatoms. The van der Waals surface area contributed by atoms with Crippen molar-refractivity contribution in [2.24, 2.45) is 5.41 Å². The summed E-state index contributed by atoms with van der Waals surface area (Å²) >= 11 is 0. The molecule has 5 rings (SSSR count). The molecule has 0 unspecified atom stereocenters. The van der Waals surface area contributed by atoms with Gasteiger partial charge in [-0.3, -0.25) is 0 Å². The number of sulfone groups is 1. The van der Waals surface area contributed by atoms with E-state index in [9.17, 15) is 33.6 Å². The summed E-state index contributed by atoms with van der Waals surface area (Å²) in [4.78, 5) is 15.4. The minimum atomic E-state index is -3.77. The van der Waals surface area contributed by atoms with Gasteiger partial charge in [-0.2, -0.15) is 0 Å². The Labute approximate surface area is 300 Å². The van der Waals surface area contributed by atoms with Crippen LogP contribution in [0, 0.1) is 5.41 Å². The molecule has 3 aromatic carbocycles. The monoisotopic (exact) mass is 725 g/mol. The van der Waals surface area contributed by atoms with Crippen LogP contribution in [0.25, 0.3) is 0 Å². The topological polar surface area (TPSA) is 178 Å². The average molecular weight is 726 g/mol. The third-order valence-corrected chi connectivity index (χ3v) is 12.3. The molecular weight excluding hydrogens is 674 g/mol. The predicted molar refractivity (Wildman–Crippen MR) is 194 cm³/mol. The lowest BCUT2D eigenvalue weighted by Crippen LogP contribution is -2.64. The maximum absolute atomic E-state index is 14.0. The number of hydrogen-bond acceptors (Lipinski definition) is 10. The molecule has 2 amide bonds. The molecule has 0 aliphatic carbocycles.